The van der Waals surface area contributed by atoms with Crippen LogP contribution in [0.25, 0.3) is 0 Å². The predicted molar refractivity (Wildman–Crippen MR) is 105 cm³/mol. The number of sulfone groups is 1. The van der Waals surface area contributed by atoms with Crippen LogP contribution in [0.1, 0.15) is 16.1 Å². The molecule has 0 fully saturated rings. The Balaban J connectivity index is 1.66. The molecule has 0 aliphatic heterocycles. The maximum atomic E-state index is 12.3. The Kier molecular flexibility index (Phi) is 5.57. The highest BCUT2D eigenvalue weighted by Crippen LogP contribution is 2.25. The molecule has 0 radical (unpaired) electrons. The minimum absolute atomic E-state index is 0.179. The average molecular weight is 399 g/mol. The van der Waals surface area contributed by atoms with Gasteiger partial charge in [-0.2, -0.15) is 0 Å². The Bertz CT molecular complexity index is 1060. The summed E-state index contributed by atoms with van der Waals surface area (Å²) in [5.41, 5.74) is 1.92. The largest absolute Gasteiger partial charge is 0.322 e. The Hall–Kier alpha value is -2.71. The van der Waals surface area contributed by atoms with Gasteiger partial charge < -0.3 is 5.32 Å². The number of anilines is 1. The fraction of sp³-hybridized carbons (Fsp3) is 0.105. The molecule has 3 aromatic rings. The summed E-state index contributed by atoms with van der Waals surface area (Å²) in [4.78, 5) is 22.0. The van der Waals surface area contributed by atoms with E-state index in [9.17, 15) is 13.2 Å². The van der Waals surface area contributed by atoms with Crippen LogP contribution in [0.3, 0.4) is 0 Å². The van der Waals surface area contributed by atoms with E-state index >= 15 is 0 Å². The topological polar surface area (TPSA) is 89.0 Å². The Morgan fingerprint density at radius 2 is 1.67 bits per heavy atom. The van der Waals surface area contributed by atoms with Crippen molar-refractivity contribution in [2.45, 2.75) is 21.9 Å². The zero-order chi connectivity index (χ0) is 19.4. The van der Waals surface area contributed by atoms with Crippen LogP contribution in [0.5, 0.6) is 0 Å². The standard InChI is InChI=1S/C19H17N3O3S2/c1-13-11-12-20-19(21-13)26-16-7-5-15(6-8-16)22-18(23)14-3-9-17(10-4-14)27(2,24)25/h3-12H,1-2H3,(H,22,23). The summed E-state index contributed by atoms with van der Waals surface area (Å²) < 4.78 is 23.0. The number of carbonyl (C=O) groups excluding carboxylic acids is 1. The van der Waals surface area contributed by atoms with Gasteiger partial charge in [-0.15, -0.1) is 0 Å². The third-order valence-corrected chi connectivity index (χ3v) is 5.65. The van der Waals surface area contributed by atoms with Crippen LogP contribution >= 0.6 is 11.8 Å². The number of nitrogens with one attached hydrogen (secondary N) is 1. The van der Waals surface area contributed by atoms with Gasteiger partial charge in [0.2, 0.25) is 0 Å². The van der Waals surface area contributed by atoms with Crippen molar-refractivity contribution in [3.8, 4) is 0 Å². The Labute approximate surface area is 162 Å². The maximum Gasteiger partial charge on any atom is 0.255 e. The molecule has 0 saturated heterocycles. The second-order valence-corrected chi connectivity index (χ2v) is 8.91. The van der Waals surface area contributed by atoms with Crippen molar-refractivity contribution in [2.24, 2.45) is 0 Å². The van der Waals surface area contributed by atoms with Crippen molar-refractivity contribution in [1.29, 1.82) is 0 Å². The molecule has 2 aromatic carbocycles. The number of aromatic nitrogens is 2. The van der Waals surface area contributed by atoms with Crippen LogP contribution in [0.15, 0.2) is 75.7 Å². The molecule has 1 N–H and O–H groups in total. The second-order valence-electron chi connectivity index (χ2n) is 5.86. The monoisotopic (exact) mass is 399 g/mol. The van der Waals surface area contributed by atoms with E-state index in [1.54, 1.807) is 18.3 Å². The zero-order valence-corrected chi connectivity index (χ0v) is 16.3. The first kappa shape index (κ1) is 19.1. The number of benzene rings is 2. The molecule has 8 heteroatoms. The van der Waals surface area contributed by atoms with Crippen LogP contribution in [-0.2, 0) is 9.84 Å². The lowest BCUT2D eigenvalue weighted by molar-refractivity contribution is 0.102. The van der Waals surface area contributed by atoms with Gasteiger partial charge >= 0.3 is 0 Å². The first-order valence-electron chi connectivity index (χ1n) is 8.00. The third-order valence-electron chi connectivity index (χ3n) is 3.64. The first-order chi connectivity index (χ1) is 12.8. The minimum Gasteiger partial charge on any atom is -0.322 e. The van der Waals surface area contributed by atoms with E-state index in [-0.39, 0.29) is 10.8 Å². The molecule has 3 rings (SSSR count). The van der Waals surface area contributed by atoms with Crippen molar-refractivity contribution in [3.63, 3.8) is 0 Å². The summed E-state index contributed by atoms with van der Waals surface area (Å²) in [6, 6.07) is 15.0. The molecule has 0 bridgehead atoms. The van der Waals surface area contributed by atoms with Crippen LogP contribution < -0.4 is 5.32 Å². The van der Waals surface area contributed by atoms with Gasteiger partial charge in [0.25, 0.3) is 5.91 Å². The van der Waals surface area contributed by atoms with Crippen LogP contribution in [-0.4, -0.2) is 30.5 Å². The maximum absolute atomic E-state index is 12.3. The number of rotatable bonds is 5. The molecule has 1 aromatic heterocycles. The molecule has 1 amide bonds. The summed E-state index contributed by atoms with van der Waals surface area (Å²) in [6.45, 7) is 1.91. The molecule has 0 aliphatic carbocycles. The van der Waals surface area contributed by atoms with Gasteiger partial charge in [-0.25, -0.2) is 18.4 Å². The van der Waals surface area contributed by atoms with Crippen molar-refractivity contribution >= 4 is 33.2 Å². The van der Waals surface area contributed by atoms with E-state index in [1.807, 2.05) is 25.1 Å². The van der Waals surface area contributed by atoms with E-state index in [0.717, 1.165) is 16.8 Å². The molecular weight excluding hydrogens is 382 g/mol. The molecule has 0 atom stereocenters. The molecule has 1 heterocycles. The summed E-state index contributed by atoms with van der Waals surface area (Å²) in [7, 11) is -3.28. The Morgan fingerprint density at radius 1 is 1.00 bits per heavy atom. The third kappa shape index (κ3) is 5.15. The van der Waals surface area contributed by atoms with Crippen LogP contribution in [0.4, 0.5) is 5.69 Å². The van der Waals surface area contributed by atoms with Gasteiger partial charge in [-0.1, -0.05) is 0 Å². The van der Waals surface area contributed by atoms with E-state index < -0.39 is 9.84 Å². The summed E-state index contributed by atoms with van der Waals surface area (Å²) in [6.07, 6.45) is 2.84. The molecule has 138 valence electrons. The zero-order valence-electron chi connectivity index (χ0n) is 14.7. The van der Waals surface area contributed by atoms with Gasteiger partial charge in [0.15, 0.2) is 15.0 Å². The Morgan fingerprint density at radius 3 is 2.26 bits per heavy atom. The molecule has 0 aliphatic rings. The highest BCUT2D eigenvalue weighted by Gasteiger charge is 2.10. The number of hydrogen-bond acceptors (Lipinski definition) is 6. The lowest BCUT2D eigenvalue weighted by atomic mass is 10.2. The van der Waals surface area contributed by atoms with Gasteiger partial charge in [0.05, 0.1) is 4.90 Å². The molecule has 0 spiro atoms. The van der Waals surface area contributed by atoms with Crippen LogP contribution in [0.2, 0.25) is 0 Å². The lowest BCUT2D eigenvalue weighted by Crippen LogP contribution is -2.12. The van der Waals surface area contributed by atoms with Crippen molar-refractivity contribution in [2.75, 3.05) is 11.6 Å². The summed E-state index contributed by atoms with van der Waals surface area (Å²) >= 11 is 1.44. The number of nitrogens with zero attached hydrogens (tertiary/aromatic N) is 2. The number of amides is 1. The van der Waals surface area contributed by atoms with Gasteiger partial charge in [-0.3, -0.25) is 4.79 Å². The molecule has 0 saturated carbocycles. The first-order valence-corrected chi connectivity index (χ1v) is 10.7. The molecule has 6 nitrogen and oxygen atoms in total. The fourth-order valence-corrected chi connectivity index (χ4v) is 3.66. The highest BCUT2D eigenvalue weighted by molar-refractivity contribution is 7.99. The van der Waals surface area contributed by atoms with Crippen molar-refractivity contribution in [3.05, 3.63) is 72.1 Å². The van der Waals surface area contributed by atoms with Gasteiger partial charge in [-0.05, 0) is 73.3 Å². The lowest BCUT2D eigenvalue weighted by Gasteiger charge is -2.07. The minimum atomic E-state index is -3.28. The fourth-order valence-electron chi connectivity index (χ4n) is 2.24. The molecule has 0 unspecified atom stereocenters. The van der Waals surface area contributed by atoms with Crippen LogP contribution in [0, 0.1) is 6.92 Å². The highest BCUT2D eigenvalue weighted by atomic mass is 32.2. The van der Waals surface area contributed by atoms with E-state index in [0.29, 0.717) is 16.4 Å². The number of carbonyl (C=O) groups is 1. The van der Waals surface area contributed by atoms with E-state index in [1.165, 1.54) is 36.0 Å². The predicted octanol–water partition coefficient (Wildman–Crippen LogP) is 3.59. The van der Waals surface area contributed by atoms with Crippen molar-refractivity contribution < 1.29 is 13.2 Å². The number of hydrogen-bond donors (Lipinski definition) is 1. The van der Waals surface area contributed by atoms with Gasteiger partial charge in [0.1, 0.15) is 0 Å². The smallest absolute Gasteiger partial charge is 0.255 e. The molecule has 27 heavy (non-hydrogen) atoms. The normalized spacial score (nSPS) is 11.2. The molecular formula is C19H17N3O3S2. The average Bonchev–Trinajstić information content (AvgIpc) is 2.63. The van der Waals surface area contributed by atoms with E-state index in [4.69, 9.17) is 0 Å². The number of aryl methyl sites for hydroxylation is 1. The second kappa shape index (κ2) is 7.89. The quantitative estimate of drug-likeness (QED) is 0.660. The summed E-state index contributed by atoms with van der Waals surface area (Å²) in [5, 5.41) is 3.45. The SMILES string of the molecule is Cc1ccnc(Sc2ccc(NC(=O)c3ccc(S(C)(=O)=O)cc3)cc2)n1. The van der Waals surface area contributed by atoms with Crippen molar-refractivity contribution in [1.82, 2.24) is 9.97 Å². The van der Waals surface area contributed by atoms with Gasteiger partial charge in [0, 0.05) is 34.3 Å². The van der Waals surface area contributed by atoms with E-state index in [2.05, 4.69) is 15.3 Å². The summed E-state index contributed by atoms with van der Waals surface area (Å²) in [5.74, 6) is -0.308.